The number of hydrogen-bond donors (Lipinski definition) is 0. The summed E-state index contributed by atoms with van der Waals surface area (Å²) in [4.78, 5) is 11.3. The van der Waals surface area contributed by atoms with E-state index in [1.54, 1.807) is 6.92 Å². The average Bonchev–Trinajstić information content (AvgIpc) is 2.66. The molecular formula is C14H24O2. The largest absolute Gasteiger partial charge is 0.375 e. The van der Waals surface area contributed by atoms with Gasteiger partial charge in [0.05, 0.1) is 5.60 Å². The van der Waals surface area contributed by atoms with E-state index >= 15 is 0 Å². The Morgan fingerprint density at radius 2 is 2.12 bits per heavy atom. The van der Waals surface area contributed by atoms with Crippen molar-refractivity contribution in [3.8, 4) is 0 Å². The number of ether oxygens (including phenoxy) is 1. The minimum atomic E-state index is 0.208. The molecular weight excluding hydrogens is 200 g/mol. The minimum absolute atomic E-state index is 0.208. The molecule has 0 aromatic heterocycles. The molecule has 0 amide bonds. The fraction of sp³-hybridized carbons (Fsp3) is 0.929. The second-order valence-corrected chi connectivity index (χ2v) is 5.84. The number of rotatable bonds is 3. The second-order valence-electron chi connectivity index (χ2n) is 5.84. The van der Waals surface area contributed by atoms with Crippen LogP contribution in [-0.2, 0) is 9.53 Å². The zero-order chi connectivity index (χ0) is 11.6. The molecule has 1 aliphatic heterocycles. The van der Waals surface area contributed by atoms with E-state index in [4.69, 9.17) is 4.74 Å². The number of ketones is 1. The molecule has 0 aromatic rings. The first-order valence-corrected chi connectivity index (χ1v) is 6.76. The third kappa shape index (κ3) is 2.65. The highest BCUT2D eigenvalue weighted by atomic mass is 16.5. The van der Waals surface area contributed by atoms with Gasteiger partial charge in [0.2, 0.25) is 0 Å². The van der Waals surface area contributed by atoms with Crippen molar-refractivity contribution in [3.05, 3.63) is 0 Å². The lowest BCUT2D eigenvalue weighted by atomic mass is 9.79. The number of carbonyl (C=O) groups is 1. The standard InChI is InChI=1S/C14H24O2/c1-11(12(2)15)9-13-5-8-16-14(10-13)6-3-4-7-14/h11,13H,3-10H2,1-2H3. The summed E-state index contributed by atoms with van der Waals surface area (Å²) in [5, 5.41) is 0. The number of carbonyl (C=O) groups excluding carboxylic acids is 1. The summed E-state index contributed by atoms with van der Waals surface area (Å²) in [6.45, 7) is 4.70. The number of Topliss-reactive ketones (excluding diaryl/α,β-unsaturated/α-hetero) is 1. The molecule has 1 heterocycles. The number of hydrogen-bond acceptors (Lipinski definition) is 2. The minimum Gasteiger partial charge on any atom is -0.375 e. The van der Waals surface area contributed by atoms with Crippen molar-refractivity contribution in [3.63, 3.8) is 0 Å². The lowest BCUT2D eigenvalue weighted by Crippen LogP contribution is -2.38. The maximum absolute atomic E-state index is 11.3. The first-order chi connectivity index (χ1) is 7.61. The highest BCUT2D eigenvalue weighted by Crippen LogP contribution is 2.43. The molecule has 1 aliphatic carbocycles. The van der Waals surface area contributed by atoms with Gasteiger partial charge in [-0.15, -0.1) is 0 Å². The molecule has 1 saturated heterocycles. The van der Waals surface area contributed by atoms with Gasteiger partial charge in [0.1, 0.15) is 5.78 Å². The van der Waals surface area contributed by atoms with Crippen LogP contribution in [0.4, 0.5) is 0 Å². The van der Waals surface area contributed by atoms with Crippen LogP contribution in [0.15, 0.2) is 0 Å². The van der Waals surface area contributed by atoms with Gasteiger partial charge in [-0.25, -0.2) is 0 Å². The Kier molecular flexibility index (Phi) is 3.68. The third-order valence-corrected chi connectivity index (χ3v) is 4.49. The van der Waals surface area contributed by atoms with Gasteiger partial charge in [-0.2, -0.15) is 0 Å². The van der Waals surface area contributed by atoms with E-state index in [9.17, 15) is 4.79 Å². The zero-order valence-corrected chi connectivity index (χ0v) is 10.6. The van der Waals surface area contributed by atoms with Gasteiger partial charge < -0.3 is 4.74 Å². The van der Waals surface area contributed by atoms with Gasteiger partial charge in [-0.05, 0) is 44.9 Å². The van der Waals surface area contributed by atoms with E-state index in [-0.39, 0.29) is 11.5 Å². The molecule has 2 fully saturated rings. The summed E-state index contributed by atoms with van der Waals surface area (Å²) < 4.78 is 6.01. The van der Waals surface area contributed by atoms with Crippen molar-refractivity contribution < 1.29 is 9.53 Å². The quantitative estimate of drug-likeness (QED) is 0.735. The lowest BCUT2D eigenvalue weighted by Gasteiger charge is -2.39. The maximum atomic E-state index is 11.3. The van der Waals surface area contributed by atoms with Crippen LogP contribution in [-0.4, -0.2) is 18.0 Å². The Hall–Kier alpha value is -0.370. The van der Waals surface area contributed by atoms with E-state index in [0.717, 1.165) is 19.4 Å². The van der Waals surface area contributed by atoms with Crippen LogP contribution in [0.1, 0.15) is 58.8 Å². The smallest absolute Gasteiger partial charge is 0.132 e. The zero-order valence-electron chi connectivity index (χ0n) is 10.6. The van der Waals surface area contributed by atoms with E-state index in [0.29, 0.717) is 11.7 Å². The summed E-state index contributed by atoms with van der Waals surface area (Å²) in [7, 11) is 0. The van der Waals surface area contributed by atoms with Crippen LogP contribution in [0, 0.1) is 11.8 Å². The summed E-state index contributed by atoms with van der Waals surface area (Å²) in [5.74, 6) is 1.29. The van der Waals surface area contributed by atoms with E-state index < -0.39 is 0 Å². The molecule has 2 unspecified atom stereocenters. The predicted molar refractivity (Wildman–Crippen MR) is 64.3 cm³/mol. The molecule has 2 rings (SSSR count). The summed E-state index contributed by atoms with van der Waals surface area (Å²) in [6, 6.07) is 0. The van der Waals surface area contributed by atoms with Gasteiger partial charge in [0.15, 0.2) is 0 Å². The molecule has 2 heteroatoms. The van der Waals surface area contributed by atoms with Crippen LogP contribution in [0.3, 0.4) is 0 Å². The fourth-order valence-electron chi connectivity index (χ4n) is 3.36. The van der Waals surface area contributed by atoms with Gasteiger partial charge in [-0.3, -0.25) is 4.79 Å². The molecule has 2 nitrogen and oxygen atoms in total. The SMILES string of the molecule is CC(=O)C(C)CC1CCOC2(CCCC2)C1. The molecule has 1 spiro atoms. The van der Waals surface area contributed by atoms with Crippen molar-refractivity contribution in [1.29, 1.82) is 0 Å². The van der Waals surface area contributed by atoms with Crippen LogP contribution in [0.5, 0.6) is 0 Å². The summed E-state index contributed by atoms with van der Waals surface area (Å²) in [6.07, 6.45) is 8.57. The Balaban J connectivity index is 1.89. The highest BCUT2D eigenvalue weighted by Gasteiger charge is 2.40. The molecule has 0 aromatic carbocycles. The Morgan fingerprint density at radius 3 is 2.75 bits per heavy atom. The molecule has 0 bridgehead atoms. The van der Waals surface area contributed by atoms with Gasteiger partial charge in [-0.1, -0.05) is 19.8 Å². The van der Waals surface area contributed by atoms with Crippen molar-refractivity contribution >= 4 is 5.78 Å². The normalized spacial score (nSPS) is 30.5. The highest BCUT2D eigenvalue weighted by molar-refractivity contribution is 5.77. The summed E-state index contributed by atoms with van der Waals surface area (Å²) in [5.41, 5.74) is 0.208. The molecule has 0 radical (unpaired) electrons. The first-order valence-electron chi connectivity index (χ1n) is 6.76. The van der Waals surface area contributed by atoms with Crippen molar-refractivity contribution in [1.82, 2.24) is 0 Å². The molecule has 1 saturated carbocycles. The van der Waals surface area contributed by atoms with Gasteiger partial charge in [0.25, 0.3) is 0 Å². The van der Waals surface area contributed by atoms with Crippen molar-refractivity contribution in [2.24, 2.45) is 11.8 Å². The fourth-order valence-corrected chi connectivity index (χ4v) is 3.36. The Labute approximate surface area is 98.7 Å². The van der Waals surface area contributed by atoms with Crippen LogP contribution >= 0.6 is 0 Å². The van der Waals surface area contributed by atoms with Gasteiger partial charge >= 0.3 is 0 Å². The molecule has 0 N–H and O–H groups in total. The second kappa shape index (κ2) is 4.87. The van der Waals surface area contributed by atoms with E-state index in [2.05, 4.69) is 6.92 Å². The molecule has 92 valence electrons. The third-order valence-electron chi connectivity index (χ3n) is 4.49. The lowest BCUT2D eigenvalue weighted by molar-refractivity contribution is -0.123. The van der Waals surface area contributed by atoms with Crippen molar-refractivity contribution in [2.45, 2.75) is 64.4 Å². The van der Waals surface area contributed by atoms with E-state index in [1.165, 1.54) is 32.1 Å². The van der Waals surface area contributed by atoms with Crippen LogP contribution < -0.4 is 0 Å². The molecule has 2 atom stereocenters. The Bertz CT molecular complexity index is 253. The maximum Gasteiger partial charge on any atom is 0.132 e. The summed E-state index contributed by atoms with van der Waals surface area (Å²) >= 11 is 0. The molecule has 16 heavy (non-hydrogen) atoms. The monoisotopic (exact) mass is 224 g/mol. The van der Waals surface area contributed by atoms with Crippen LogP contribution in [0.2, 0.25) is 0 Å². The predicted octanol–water partition coefficient (Wildman–Crippen LogP) is 3.34. The topological polar surface area (TPSA) is 26.3 Å². The van der Waals surface area contributed by atoms with Crippen molar-refractivity contribution in [2.75, 3.05) is 6.61 Å². The molecule has 2 aliphatic rings. The van der Waals surface area contributed by atoms with Crippen LogP contribution in [0.25, 0.3) is 0 Å². The van der Waals surface area contributed by atoms with E-state index in [1.807, 2.05) is 0 Å². The van der Waals surface area contributed by atoms with Gasteiger partial charge in [0, 0.05) is 12.5 Å². The average molecular weight is 224 g/mol. The Morgan fingerprint density at radius 1 is 1.44 bits per heavy atom. The first kappa shape index (κ1) is 12.1.